The minimum atomic E-state index is -0.544. The molecule has 0 radical (unpaired) electrons. The number of halogens is 2. The molecule has 2 aliphatic rings. The van der Waals surface area contributed by atoms with Crippen molar-refractivity contribution in [1.82, 2.24) is 0 Å². The molecule has 5 heteroatoms. The van der Waals surface area contributed by atoms with Crippen LogP contribution in [-0.4, -0.2) is 20.3 Å². The molecule has 0 unspecified atom stereocenters. The maximum absolute atomic E-state index is 14.7. The molecule has 0 bridgehead atoms. The van der Waals surface area contributed by atoms with Crippen molar-refractivity contribution in [2.24, 2.45) is 0 Å². The van der Waals surface area contributed by atoms with E-state index in [1.165, 1.54) is 12.5 Å². The van der Waals surface area contributed by atoms with Crippen LogP contribution in [0.1, 0.15) is 54.4 Å². The fraction of sp³-hybridized carbons (Fsp3) is 0.429. The Morgan fingerprint density at radius 1 is 1.04 bits per heavy atom. The molecule has 0 amide bonds. The maximum atomic E-state index is 14.7. The Labute approximate surface area is 158 Å². The van der Waals surface area contributed by atoms with Gasteiger partial charge in [0.25, 0.3) is 0 Å². The topological polar surface area (TPSA) is 27.7 Å². The zero-order chi connectivity index (χ0) is 18.3. The number of methoxy groups -OCH3 is 2. The van der Waals surface area contributed by atoms with Crippen molar-refractivity contribution in [2.75, 3.05) is 14.2 Å². The first-order chi connectivity index (χ1) is 12.6. The zero-order valence-corrected chi connectivity index (χ0v) is 15.7. The molecule has 2 aromatic carbocycles. The van der Waals surface area contributed by atoms with Crippen molar-refractivity contribution < 1.29 is 18.6 Å². The van der Waals surface area contributed by atoms with E-state index in [0.29, 0.717) is 28.0 Å². The first-order valence-corrected chi connectivity index (χ1v) is 9.37. The lowest BCUT2D eigenvalue weighted by atomic mass is 9.75. The second-order valence-corrected chi connectivity index (χ2v) is 7.32. The highest BCUT2D eigenvalue weighted by atomic mass is 35.5. The summed E-state index contributed by atoms with van der Waals surface area (Å²) in [6.07, 6.45) is 3.85. The monoisotopic (exact) mass is 376 g/mol. The summed E-state index contributed by atoms with van der Waals surface area (Å²) in [7, 11) is 3.23. The number of fused-ring (bicyclic) bond motifs is 3. The SMILES string of the molecule is COc1cc2c(cc1OC)[C@H]1CCCC[C@H]1O[C@@H]2c1c(F)cccc1Cl. The molecular formula is C21H22ClFO3. The lowest BCUT2D eigenvalue weighted by Crippen LogP contribution is -2.34. The number of hydrogen-bond acceptors (Lipinski definition) is 3. The van der Waals surface area contributed by atoms with Gasteiger partial charge in [-0.1, -0.05) is 30.5 Å². The van der Waals surface area contributed by atoms with Gasteiger partial charge in [-0.05, 0) is 48.2 Å². The smallest absolute Gasteiger partial charge is 0.161 e. The second-order valence-electron chi connectivity index (χ2n) is 6.92. The number of hydrogen-bond donors (Lipinski definition) is 0. The molecule has 1 saturated carbocycles. The first kappa shape index (κ1) is 17.6. The highest BCUT2D eigenvalue weighted by Crippen LogP contribution is 2.50. The van der Waals surface area contributed by atoms with Gasteiger partial charge in [-0.15, -0.1) is 0 Å². The van der Waals surface area contributed by atoms with Crippen molar-refractivity contribution >= 4 is 11.6 Å². The summed E-state index contributed by atoms with van der Waals surface area (Å²) in [5, 5.41) is 0.380. The molecule has 1 aliphatic carbocycles. The van der Waals surface area contributed by atoms with Crippen LogP contribution in [0.25, 0.3) is 0 Å². The summed E-state index contributed by atoms with van der Waals surface area (Å²) < 4.78 is 32.1. The molecule has 0 aromatic heterocycles. The third-order valence-electron chi connectivity index (χ3n) is 5.55. The Balaban J connectivity index is 1.92. The van der Waals surface area contributed by atoms with Gasteiger partial charge in [0.15, 0.2) is 11.5 Å². The van der Waals surface area contributed by atoms with Gasteiger partial charge in [0.05, 0.1) is 20.3 Å². The average Bonchev–Trinajstić information content (AvgIpc) is 2.66. The number of benzene rings is 2. The van der Waals surface area contributed by atoms with Crippen LogP contribution in [0.3, 0.4) is 0 Å². The van der Waals surface area contributed by atoms with Gasteiger partial charge in [-0.2, -0.15) is 0 Å². The van der Waals surface area contributed by atoms with E-state index in [2.05, 4.69) is 0 Å². The summed E-state index contributed by atoms with van der Waals surface area (Å²) >= 11 is 6.36. The molecule has 0 spiro atoms. The molecule has 0 saturated heterocycles. The van der Waals surface area contributed by atoms with Crippen LogP contribution >= 0.6 is 11.6 Å². The predicted molar refractivity (Wildman–Crippen MR) is 98.9 cm³/mol. The summed E-state index contributed by atoms with van der Waals surface area (Å²) in [4.78, 5) is 0. The Morgan fingerprint density at radius 2 is 1.73 bits per heavy atom. The summed E-state index contributed by atoms with van der Waals surface area (Å²) in [6, 6.07) is 8.69. The molecular weight excluding hydrogens is 355 g/mol. The molecule has 2 aromatic rings. The Morgan fingerprint density at radius 3 is 2.42 bits per heavy atom. The highest BCUT2D eigenvalue weighted by molar-refractivity contribution is 6.31. The van der Waals surface area contributed by atoms with Gasteiger partial charge in [-0.3, -0.25) is 0 Å². The Hall–Kier alpha value is -1.78. The molecule has 1 heterocycles. The van der Waals surface area contributed by atoms with Crippen LogP contribution in [0.4, 0.5) is 4.39 Å². The quantitative estimate of drug-likeness (QED) is 0.693. The predicted octanol–water partition coefficient (Wildman–Crippen LogP) is 5.64. The fourth-order valence-electron chi connectivity index (χ4n) is 4.31. The van der Waals surface area contributed by atoms with Crippen LogP contribution in [0, 0.1) is 5.82 Å². The lowest BCUT2D eigenvalue weighted by molar-refractivity contribution is -0.0403. The van der Waals surface area contributed by atoms with Gasteiger partial charge >= 0.3 is 0 Å². The normalized spacial score (nSPS) is 24.5. The first-order valence-electron chi connectivity index (χ1n) is 8.99. The van der Waals surface area contributed by atoms with Crippen molar-refractivity contribution in [2.45, 2.75) is 43.8 Å². The van der Waals surface area contributed by atoms with Crippen LogP contribution in [0.2, 0.25) is 5.02 Å². The van der Waals surface area contributed by atoms with Crippen molar-refractivity contribution in [3.63, 3.8) is 0 Å². The molecule has 1 aliphatic heterocycles. The van der Waals surface area contributed by atoms with Crippen LogP contribution in [-0.2, 0) is 4.74 Å². The van der Waals surface area contributed by atoms with Gasteiger partial charge in [0.2, 0.25) is 0 Å². The molecule has 3 atom stereocenters. The van der Waals surface area contributed by atoms with Crippen molar-refractivity contribution in [3.8, 4) is 11.5 Å². The van der Waals surface area contributed by atoms with E-state index in [0.717, 1.165) is 30.4 Å². The minimum absolute atomic E-state index is 0.0648. The third kappa shape index (κ3) is 2.85. The van der Waals surface area contributed by atoms with Gasteiger partial charge in [0.1, 0.15) is 11.9 Å². The molecule has 26 heavy (non-hydrogen) atoms. The Bertz CT molecular complexity index is 803. The number of rotatable bonds is 3. The second kappa shape index (κ2) is 7.09. The van der Waals surface area contributed by atoms with E-state index >= 15 is 0 Å². The van der Waals surface area contributed by atoms with E-state index in [-0.39, 0.29) is 11.9 Å². The molecule has 1 fully saturated rings. The van der Waals surface area contributed by atoms with Gasteiger partial charge in [0, 0.05) is 16.5 Å². The standard InChI is InChI=1S/C21H22ClFO3/c1-24-18-10-13-12-6-3-4-9-17(12)26-21(14(13)11-19(18)25-2)20-15(22)7-5-8-16(20)23/h5,7-8,10-12,17,21H,3-4,6,9H2,1-2H3/t12-,17-,21+/m1/s1. The summed E-state index contributed by atoms with van der Waals surface area (Å²) in [5.41, 5.74) is 2.47. The molecule has 4 rings (SSSR count). The summed E-state index contributed by atoms with van der Waals surface area (Å²) in [6.45, 7) is 0. The van der Waals surface area contributed by atoms with Crippen molar-refractivity contribution in [3.05, 3.63) is 57.9 Å². The van der Waals surface area contributed by atoms with Crippen LogP contribution < -0.4 is 9.47 Å². The zero-order valence-electron chi connectivity index (χ0n) is 14.9. The highest BCUT2D eigenvalue weighted by Gasteiger charge is 2.40. The molecule has 0 N–H and O–H groups in total. The Kier molecular flexibility index (Phi) is 4.80. The van der Waals surface area contributed by atoms with Crippen molar-refractivity contribution in [1.29, 1.82) is 0 Å². The largest absolute Gasteiger partial charge is 0.493 e. The van der Waals surface area contributed by atoms with E-state index in [1.807, 2.05) is 12.1 Å². The van der Waals surface area contributed by atoms with Gasteiger partial charge < -0.3 is 14.2 Å². The lowest BCUT2D eigenvalue weighted by Gasteiger charge is -2.41. The molecule has 3 nitrogen and oxygen atoms in total. The maximum Gasteiger partial charge on any atom is 0.161 e. The molecule has 138 valence electrons. The van der Waals surface area contributed by atoms with Crippen LogP contribution in [0.15, 0.2) is 30.3 Å². The van der Waals surface area contributed by atoms with E-state index in [1.54, 1.807) is 26.4 Å². The fourth-order valence-corrected chi connectivity index (χ4v) is 4.57. The van der Waals surface area contributed by atoms with Gasteiger partial charge in [-0.25, -0.2) is 4.39 Å². The summed E-state index contributed by atoms with van der Waals surface area (Å²) in [5.74, 6) is 1.25. The minimum Gasteiger partial charge on any atom is -0.493 e. The van der Waals surface area contributed by atoms with E-state index in [4.69, 9.17) is 25.8 Å². The van der Waals surface area contributed by atoms with E-state index < -0.39 is 6.10 Å². The van der Waals surface area contributed by atoms with Crippen LogP contribution in [0.5, 0.6) is 11.5 Å². The average molecular weight is 377 g/mol. The number of ether oxygens (including phenoxy) is 3. The van der Waals surface area contributed by atoms with E-state index in [9.17, 15) is 4.39 Å². The third-order valence-corrected chi connectivity index (χ3v) is 5.88.